The van der Waals surface area contributed by atoms with Crippen molar-refractivity contribution in [2.45, 2.75) is 52.4 Å². The van der Waals surface area contributed by atoms with Crippen LogP contribution < -0.4 is 0 Å². The van der Waals surface area contributed by atoms with E-state index >= 15 is 0 Å². The van der Waals surface area contributed by atoms with E-state index in [0.717, 1.165) is 0 Å². The third kappa shape index (κ3) is 5.72. The Morgan fingerprint density at radius 2 is 1.18 bits per heavy atom. The number of hydrogen-bond donors (Lipinski definition) is 0. The molecule has 0 heterocycles. The summed E-state index contributed by atoms with van der Waals surface area (Å²) in [6.07, 6.45) is 1.92. The van der Waals surface area contributed by atoms with Gasteiger partial charge in [0.05, 0.1) is 12.8 Å². The van der Waals surface area contributed by atoms with Crippen molar-refractivity contribution in [3.05, 3.63) is 35.4 Å². The fraction of sp³-hybridized carbons (Fsp3) is 0.444. The van der Waals surface area contributed by atoms with Crippen LogP contribution in [-0.2, 0) is 9.59 Å². The quantitative estimate of drug-likeness (QED) is 0.489. The summed E-state index contributed by atoms with van der Waals surface area (Å²) in [5.41, 5.74) is 0.691. The number of carbonyl (C=O) groups excluding carboxylic acids is 4. The highest BCUT2D eigenvalue weighted by atomic mass is 16.2. The zero-order valence-electron chi connectivity index (χ0n) is 13.2. The minimum atomic E-state index is -0.284. The third-order valence-corrected chi connectivity index (χ3v) is 3.28. The zero-order valence-corrected chi connectivity index (χ0v) is 13.2. The summed E-state index contributed by atoms with van der Waals surface area (Å²) in [7, 11) is 0. The standard InChI is InChI=1S/C18H22O4/c1-3-6-15(19)11-17(21)13-8-5-9-14(10-13)18(22)12-16(20)7-4-2/h5,8-10H,3-4,6-7,11-12H2,1-2H3. The molecule has 0 aliphatic carbocycles. The second-order valence-corrected chi connectivity index (χ2v) is 5.36. The molecule has 4 heteroatoms. The number of Topliss-reactive ketones (excluding diaryl/α,β-unsaturated/α-hetero) is 4. The van der Waals surface area contributed by atoms with Gasteiger partial charge in [0, 0.05) is 24.0 Å². The SMILES string of the molecule is CCCC(=O)CC(=O)c1cccc(C(=O)CC(=O)CCC)c1. The van der Waals surface area contributed by atoms with E-state index in [0.29, 0.717) is 36.8 Å². The molecule has 0 atom stereocenters. The van der Waals surface area contributed by atoms with Gasteiger partial charge in [-0.2, -0.15) is 0 Å². The number of ketones is 4. The van der Waals surface area contributed by atoms with Crippen molar-refractivity contribution in [3.8, 4) is 0 Å². The van der Waals surface area contributed by atoms with Crippen LogP contribution >= 0.6 is 0 Å². The van der Waals surface area contributed by atoms with Crippen molar-refractivity contribution >= 4 is 23.1 Å². The Kier molecular flexibility index (Phi) is 7.37. The molecule has 22 heavy (non-hydrogen) atoms. The Morgan fingerprint density at radius 3 is 1.55 bits per heavy atom. The summed E-state index contributed by atoms with van der Waals surface area (Å²) in [5.74, 6) is -0.759. The summed E-state index contributed by atoms with van der Waals surface area (Å²) in [5, 5.41) is 0. The van der Waals surface area contributed by atoms with Gasteiger partial charge in [-0.05, 0) is 18.9 Å². The van der Waals surface area contributed by atoms with Crippen LogP contribution in [0.1, 0.15) is 73.1 Å². The molecule has 0 amide bonds. The highest BCUT2D eigenvalue weighted by Gasteiger charge is 2.15. The van der Waals surface area contributed by atoms with Crippen molar-refractivity contribution in [1.29, 1.82) is 0 Å². The number of rotatable bonds is 10. The van der Waals surface area contributed by atoms with Crippen molar-refractivity contribution in [2.24, 2.45) is 0 Å². The Labute approximate surface area is 130 Å². The van der Waals surface area contributed by atoms with Gasteiger partial charge in [-0.25, -0.2) is 0 Å². The van der Waals surface area contributed by atoms with Gasteiger partial charge in [0.1, 0.15) is 11.6 Å². The Bertz CT molecular complexity index is 525. The van der Waals surface area contributed by atoms with E-state index < -0.39 is 0 Å². The molecule has 0 spiro atoms. The average molecular weight is 302 g/mol. The molecule has 0 aromatic heterocycles. The Morgan fingerprint density at radius 1 is 0.773 bits per heavy atom. The smallest absolute Gasteiger partial charge is 0.170 e. The van der Waals surface area contributed by atoms with Crippen molar-refractivity contribution in [3.63, 3.8) is 0 Å². The molecule has 118 valence electrons. The molecule has 0 aliphatic heterocycles. The molecule has 0 fully saturated rings. The van der Waals surface area contributed by atoms with Crippen LogP contribution in [0.2, 0.25) is 0 Å². The molecule has 0 saturated carbocycles. The Balaban J connectivity index is 2.77. The number of carbonyl (C=O) groups is 4. The minimum absolute atomic E-state index is 0.0950. The summed E-state index contributed by atoms with van der Waals surface area (Å²) in [6, 6.07) is 6.26. The monoisotopic (exact) mass is 302 g/mol. The fourth-order valence-corrected chi connectivity index (χ4v) is 2.16. The van der Waals surface area contributed by atoms with E-state index in [2.05, 4.69) is 0 Å². The molecular formula is C18H22O4. The van der Waals surface area contributed by atoms with Crippen LogP contribution in [-0.4, -0.2) is 23.1 Å². The summed E-state index contributed by atoms with van der Waals surface area (Å²) < 4.78 is 0. The minimum Gasteiger partial charge on any atom is -0.299 e. The zero-order chi connectivity index (χ0) is 16.5. The van der Waals surface area contributed by atoms with E-state index in [4.69, 9.17) is 0 Å². The lowest BCUT2D eigenvalue weighted by Gasteiger charge is -2.04. The van der Waals surface area contributed by atoms with Crippen LogP contribution in [0.15, 0.2) is 24.3 Å². The van der Waals surface area contributed by atoms with Crippen LogP contribution in [0.3, 0.4) is 0 Å². The van der Waals surface area contributed by atoms with E-state index in [-0.39, 0.29) is 36.0 Å². The van der Waals surface area contributed by atoms with Gasteiger partial charge in [-0.3, -0.25) is 19.2 Å². The maximum absolute atomic E-state index is 12.0. The first-order valence-corrected chi connectivity index (χ1v) is 7.67. The number of hydrogen-bond acceptors (Lipinski definition) is 4. The highest BCUT2D eigenvalue weighted by molar-refractivity contribution is 6.11. The van der Waals surface area contributed by atoms with E-state index in [1.807, 2.05) is 13.8 Å². The lowest BCUT2D eigenvalue weighted by molar-refractivity contribution is -0.119. The van der Waals surface area contributed by atoms with Gasteiger partial charge in [-0.1, -0.05) is 32.0 Å². The molecule has 0 unspecified atom stereocenters. The third-order valence-electron chi connectivity index (χ3n) is 3.28. The van der Waals surface area contributed by atoms with Crippen LogP contribution in [0.4, 0.5) is 0 Å². The molecule has 1 aromatic rings. The summed E-state index contributed by atoms with van der Waals surface area (Å²) in [4.78, 5) is 47.1. The van der Waals surface area contributed by atoms with Crippen LogP contribution in [0, 0.1) is 0 Å². The van der Waals surface area contributed by atoms with Gasteiger partial charge in [-0.15, -0.1) is 0 Å². The predicted octanol–water partition coefficient (Wildman–Crippen LogP) is 3.57. The molecule has 1 rings (SSSR count). The van der Waals surface area contributed by atoms with Gasteiger partial charge in [0.15, 0.2) is 11.6 Å². The lowest BCUT2D eigenvalue weighted by Crippen LogP contribution is -2.11. The molecule has 4 nitrogen and oxygen atoms in total. The molecule has 0 radical (unpaired) electrons. The second kappa shape index (κ2) is 9.03. The number of benzene rings is 1. The first-order valence-electron chi connectivity index (χ1n) is 7.67. The first-order chi connectivity index (χ1) is 10.5. The first kappa shape index (κ1) is 18.0. The normalized spacial score (nSPS) is 10.3. The molecule has 0 bridgehead atoms. The fourth-order valence-electron chi connectivity index (χ4n) is 2.16. The van der Waals surface area contributed by atoms with Crippen LogP contribution in [0.5, 0.6) is 0 Å². The topological polar surface area (TPSA) is 68.3 Å². The highest BCUT2D eigenvalue weighted by Crippen LogP contribution is 2.12. The van der Waals surface area contributed by atoms with Crippen molar-refractivity contribution in [2.75, 3.05) is 0 Å². The molecule has 0 aliphatic rings. The lowest BCUT2D eigenvalue weighted by atomic mass is 9.98. The Hall–Kier alpha value is -2.10. The van der Waals surface area contributed by atoms with E-state index in [1.54, 1.807) is 18.2 Å². The van der Waals surface area contributed by atoms with Crippen LogP contribution in [0.25, 0.3) is 0 Å². The molecule has 0 saturated heterocycles. The summed E-state index contributed by atoms with van der Waals surface area (Å²) >= 11 is 0. The second-order valence-electron chi connectivity index (χ2n) is 5.36. The van der Waals surface area contributed by atoms with Gasteiger partial charge < -0.3 is 0 Å². The van der Waals surface area contributed by atoms with Crippen molar-refractivity contribution in [1.82, 2.24) is 0 Å². The van der Waals surface area contributed by atoms with Gasteiger partial charge in [0.2, 0.25) is 0 Å². The van der Waals surface area contributed by atoms with Crippen molar-refractivity contribution < 1.29 is 19.2 Å². The molecular weight excluding hydrogens is 280 g/mol. The largest absolute Gasteiger partial charge is 0.299 e. The summed E-state index contributed by atoms with van der Waals surface area (Å²) in [6.45, 7) is 3.77. The van der Waals surface area contributed by atoms with Gasteiger partial charge in [0.25, 0.3) is 0 Å². The molecule has 1 aromatic carbocycles. The van der Waals surface area contributed by atoms with E-state index in [9.17, 15) is 19.2 Å². The maximum Gasteiger partial charge on any atom is 0.170 e. The average Bonchev–Trinajstić information content (AvgIpc) is 2.47. The van der Waals surface area contributed by atoms with E-state index in [1.165, 1.54) is 6.07 Å². The maximum atomic E-state index is 12.0. The predicted molar refractivity (Wildman–Crippen MR) is 84.2 cm³/mol. The molecule has 0 N–H and O–H groups in total. The van der Waals surface area contributed by atoms with Gasteiger partial charge >= 0.3 is 0 Å².